The van der Waals surface area contributed by atoms with Gasteiger partial charge in [-0.15, -0.1) is 0 Å². The third-order valence-corrected chi connectivity index (χ3v) is 9.81. The molecular weight excluding hydrogens is 581 g/mol. The maximum Gasteiger partial charge on any atom is 0.243 e. The van der Waals surface area contributed by atoms with Crippen LogP contribution < -0.4 is 10.3 Å². The van der Waals surface area contributed by atoms with E-state index in [9.17, 15) is 8.42 Å². The summed E-state index contributed by atoms with van der Waals surface area (Å²) in [6.45, 7) is 7.36. The van der Waals surface area contributed by atoms with Crippen molar-refractivity contribution in [3.05, 3.63) is 68.4 Å². The van der Waals surface area contributed by atoms with Crippen LogP contribution >= 0.6 is 34.8 Å². The van der Waals surface area contributed by atoms with Crippen molar-refractivity contribution in [1.82, 2.24) is 8.87 Å². The Balaban J connectivity index is 1.52. The number of ether oxygens (including phenoxy) is 1. The van der Waals surface area contributed by atoms with E-state index in [1.165, 1.54) is 4.31 Å². The van der Waals surface area contributed by atoms with Gasteiger partial charge in [-0.2, -0.15) is 9.41 Å². The number of halogens is 3. The van der Waals surface area contributed by atoms with Gasteiger partial charge in [-0.05, 0) is 63.1 Å². The van der Waals surface area contributed by atoms with Crippen molar-refractivity contribution >= 4 is 62.4 Å². The van der Waals surface area contributed by atoms with Crippen LogP contribution in [0.1, 0.15) is 29.8 Å². The van der Waals surface area contributed by atoms with Gasteiger partial charge in [0.25, 0.3) is 0 Å². The van der Waals surface area contributed by atoms with Crippen molar-refractivity contribution in [1.29, 1.82) is 0 Å². The van der Waals surface area contributed by atoms with E-state index in [0.717, 1.165) is 54.3 Å². The van der Waals surface area contributed by atoms with Crippen molar-refractivity contribution in [2.45, 2.75) is 31.6 Å². The fraction of sp³-hybridized carbons (Fsp3) is 0.370. The quantitative estimate of drug-likeness (QED) is 0.258. The minimum absolute atomic E-state index is 0.277. The highest BCUT2D eigenvalue weighted by molar-refractivity contribution is 7.89. The van der Waals surface area contributed by atoms with Crippen molar-refractivity contribution in [2.75, 3.05) is 49.7 Å². The smallest absolute Gasteiger partial charge is 0.243 e. The minimum atomic E-state index is -3.66. The molecule has 2 aromatic carbocycles. The summed E-state index contributed by atoms with van der Waals surface area (Å²) in [6.07, 6.45) is 3.91. The molecule has 2 saturated heterocycles. The van der Waals surface area contributed by atoms with Crippen LogP contribution in [0.15, 0.2) is 46.4 Å². The Bertz CT molecular complexity index is 1490. The molecule has 0 saturated carbocycles. The zero-order valence-electron chi connectivity index (χ0n) is 21.8. The maximum absolute atomic E-state index is 13.5. The zero-order valence-corrected chi connectivity index (χ0v) is 24.8. The normalized spacial score (nSPS) is 16.9. The van der Waals surface area contributed by atoms with E-state index in [4.69, 9.17) is 39.5 Å². The number of hydrazone groups is 1. The molecule has 0 unspecified atom stereocenters. The third-order valence-electron chi connectivity index (χ3n) is 7.10. The van der Waals surface area contributed by atoms with E-state index < -0.39 is 10.0 Å². The zero-order chi connectivity index (χ0) is 27.7. The topological polar surface area (TPSA) is 79.2 Å². The highest BCUT2D eigenvalue weighted by atomic mass is 35.5. The summed E-state index contributed by atoms with van der Waals surface area (Å²) in [5.41, 5.74) is 7.96. The van der Waals surface area contributed by atoms with E-state index in [0.29, 0.717) is 47.1 Å². The Labute approximate surface area is 244 Å². The number of sulfonamides is 1. The second kappa shape index (κ2) is 11.7. The average Bonchev–Trinajstić information content (AvgIpc) is 3.54. The van der Waals surface area contributed by atoms with Gasteiger partial charge in [0.15, 0.2) is 0 Å². The van der Waals surface area contributed by atoms with Gasteiger partial charge in [-0.25, -0.2) is 8.42 Å². The number of aromatic nitrogens is 1. The molecule has 3 aromatic rings. The van der Waals surface area contributed by atoms with Gasteiger partial charge in [-0.1, -0.05) is 34.8 Å². The fourth-order valence-corrected chi connectivity index (χ4v) is 7.44. The van der Waals surface area contributed by atoms with Crippen LogP contribution in [0, 0.1) is 13.8 Å². The maximum atomic E-state index is 13.5. The molecule has 8 nitrogen and oxygen atoms in total. The number of anilines is 2. The number of nitrogens with one attached hydrogen (secondary N) is 1. The highest BCUT2D eigenvalue weighted by Gasteiger charge is 2.28. The van der Waals surface area contributed by atoms with Crippen LogP contribution in [0.5, 0.6) is 0 Å². The number of hydrogen-bond acceptors (Lipinski definition) is 6. The Kier molecular flexibility index (Phi) is 8.47. The molecule has 0 amide bonds. The predicted molar refractivity (Wildman–Crippen MR) is 159 cm³/mol. The molecule has 3 heterocycles. The van der Waals surface area contributed by atoms with Crippen LogP contribution in [0.3, 0.4) is 0 Å². The second-order valence-electron chi connectivity index (χ2n) is 9.64. The van der Waals surface area contributed by atoms with Crippen LogP contribution in [0.4, 0.5) is 11.4 Å². The molecule has 2 aliphatic heterocycles. The van der Waals surface area contributed by atoms with Gasteiger partial charge in [0.2, 0.25) is 10.0 Å². The number of morpholine rings is 1. The molecule has 208 valence electrons. The first-order chi connectivity index (χ1) is 18.7. The first kappa shape index (κ1) is 28.3. The number of nitrogens with zero attached hydrogens (tertiary/aromatic N) is 4. The molecule has 0 atom stereocenters. The van der Waals surface area contributed by atoms with Crippen LogP contribution in [0.2, 0.25) is 15.1 Å². The Morgan fingerprint density at radius 3 is 2.26 bits per heavy atom. The summed E-state index contributed by atoms with van der Waals surface area (Å²) in [4.78, 5) is 2.60. The van der Waals surface area contributed by atoms with Gasteiger partial charge in [0, 0.05) is 48.2 Å². The monoisotopic (exact) mass is 609 g/mol. The van der Waals surface area contributed by atoms with Gasteiger partial charge in [0.05, 0.1) is 51.4 Å². The summed E-state index contributed by atoms with van der Waals surface area (Å²) >= 11 is 18.5. The predicted octanol–water partition coefficient (Wildman–Crippen LogP) is 6.12. The van der Waals surface area contributed by atoms with Crippen molar-refractivity contribution in [3.8, 4) is 5.69 Å². The molecule has 12 heteroatoms. The molecule has 2 aliphatic rings. The highest BCUT2D eigenvalue weighted by Crippen LogP contribution is 2.35. The lowest BCUT2D eigenvalue weighted by atomic mass is 10.2. The van der Waals surface area contributed by atoms with E-state index in [1.807, 2.05) is 26.0 Å². The lowest BCUT2D eigenvalue weighted by Gasteiger charge is -2.28. The average molecular weight is 611 g/mol. The lowest BCUT2D eigenvalue weighted by molar-refractivity contribution is 0.0730. The van der Waals surface area contributed by atoms with Crippen LogP contribution in [0.25, 0.3) is 5.69 Å². The minimum Gasteiger partial charge on any atom is -0.379 e. The molecule has 5 rings (SSSR count). The standard InChI is InChI=1S/C27H30Cl3N5O3S/c1-18-13-20(17-31-32-27-23(29)14-21(28)15-24(27)30)19(2)35(18)26-16-22(5-6-25(26)33-7-3-4-8-33)39(36,37)34-9-11-38-12-10-34/h5-6,13-17,32H,3-4,7-12H2,1-2H3/b31-17+. The summed E-state index contributed by atoms with van der Waals surface area (Å²) < 4.78 is 36.0. The first-order valence-electron chi connectivity index (χ1n) is 12.8. The summed E-state index contributed by atoms with van der Waals surface area (Å²) in [5, 5.41) is 5.53. The van der Waals surface area contributed by atoms with Gasteiger partial charge >= 0.3 is 0 Å². The molecule has 2 fully saturated rings. The summed E-state index contributed by atoms with van der Waals surface area (Å²) in [7, 11) is -3.66. The number of aryl methyl sites for hydroxylation is 1. The van der Waals surface area contributed by atoms with Gasteiger partial charge < -0.3 is 14.2 Å². The Morgan fingerprint density at radius 1 is 0.923 bits per heavy atom. The van der Waals surface area contributed by atoms with Crippen LogP contribution in [-0.2, 0) is 14.8 Å². The summed E-state index contributed by atoms with van der Waals surface area (Å²) in [5.74, 6) is 0. The van der Waals surface area contributed by atoms with Crippen molar-refractivity contribution < 1.29 is 13.2 Å². The first-order valence-corrected chi connectivity index (χ1v) is 15.3. The van der Waals surface area contributed by atoms with E-state index in [-0.39, 0.29) is 4.90 Å². The van der Waals surface area contributed by atoms with Crippen molar-refractivity contribution in [2.24, 2.45) is 5.10 Å². The number of hydrogen-bond donors (Lipinski definition) is 1. The molecule has 0 spiro atoms. The fourth-order valence-electron chi connectivity index (χ4n) is 5.11. The molecule has 0 radical (unpaired) electrons. The molecule has 0 bridgehead atoms. The van der Waals surface area contributed by atoms with Gasteiger partial charge in [-0.3, -0.25) is 5.43 Å². The number of rotatable bonds is 7. The van der Waals surface area contributed by atoms with E-state index >= 15 is 0 Å². The van der Waals surface area contributed by atoms with Crippen molar-refractivity contribution in [3.63, 3.8) is 0 Å². The Morgan fingerprint density at radius 2 is 1.59 bits per heavy atom. The second-order valence-corrected chi connectivity index (χ2v) is 12.8. The number of benzene rings is 2. The molecule has 1 N–H and O–H groups in total. The molecule has 0 aliphatic carbocycles. The summed E-state index contributed by atoms with van der Waals surface area (Å²) in [6, 6.07) is 10.7. The molecule has 39 heavy (non-hydrogen) atoms. The van der Waals surface area contributed by atoms with Crippen LogP contribution in [-0.4, -0.2) is 62.9 Å². The lowest BCUT2D eigenvalue weighted by Crippen LogP contribution is -2.40. The van der Waals surface area contributed by atoms with E-state index in [1.54, 1.807) is 30.5 Å². The molecular formula is C27H30Cl3N5O3S. The molecule has 1 aromatic heterocycles. The van der Waals surface area contributed by atoms with E-state index in [2.05, 4.69) is 20.0 Å². The third kappa shape index (κ3) is 5.80. The largest absolute Gasteiger partial charge is 0.379 e. The van der Waals surface area contributed by atoms with Gasteiger partial charge in [0.1, 0.15) is 0 Å². The Hall–Kier alpha value is -2.27. The SMILES string of the molecule is Cc1cc(/C=N/Nc2c(Cl)cc(Cl)cc2Cl)c(C)n1-c1cc(S(=O)(=O)N2CCOCC2)ccc1N1CCCC1.